The van der Waals surface area contributed by atoms with Gasteiger partial charge >= 0.3 is 0 Å². The van der Waals surface area contributed by atoms with Gasteiger partial charge in [-0.15, -0.1) is 0 Å². The van der Waals surface area contributed by atoms with Crippen LogP contribution >= 0.6 is 0 Å². The molecule has 4 heteroatoms. The summed E-state index contributed by atoms with van der Waals surface area (Å²) >= 11 is 0. The van der Waals surface area contributed by atoms with Crippen molar-refractivity contribution in [2.45, 2.75) is 27.7 Å². The molecule has 0 atom stereocenters. The summed E-state index contributed by atoms with van der Waals surface area (Å²) in [5.74, 6) is 0. The average Bonchev–Trinajstić information content (AvgIpc) is 3.45. The third kappa shape index (κ3) is 4.12. The van der Waals surface area contributed by atoms with Crippen LogP contribution in [-0.4, -0.2) is 11.3 Å². The second-order valence-electron chi connectivity index (χ2n) is 14.1. The normalized spacial score (nSPS) is 13.1. The molecule has 0 bridgehead atoms. The maximum Gasteiger partial charge on any atom is 0.252 e. The molecule has 1 aromatic heterocycles. The minimum atomic E-state index is 0.0844. The fourth-order valence-electron chi connectivity index (χ4n) is 8.98. The van der Waals surface area contributed by atoms with Crippen molar-refractivity contribution in [1.29, 1.82) is 0 Å². The Labute approximate surface area is 293 Å². The number of aromatic nitrogens is 1. The van der Waals surface area contributed by atoms with E-state index in [0.29, 0.717) is 0 Å². The lowest BCUT2D eigenvalue weighted by atomic mass is 9.32. The number of para-hydroxylation sites is 4. The average molecular weight is 642 g/mol. The summed E-state index contributed by atoms with van der Waals surface area (Å²) in [5.41, 5.74) is 20.0. The number of benzene rings is 7. The van der Waals surface area contributed by atoms with Gasteiger partial charge in [0.05, 0.1) is 16.7 Å². The molecule has 0 amide bonds. The highest BCUT2D eigenvalue weighted by molar-refractivity contribution is 7.00. The van der Waals surface area contributed by atoms with E-state index in [0.717, 1.165) is 11.4 Å². The molecule has 10 rings (SSSR count). The first-order valence-corrected chi connectivity index (χ1v) is 17.6. The van der Waals surface area contributed by atoms with Crippen LogP contribution in [0.4, 0.5) is 34.1 Å². The number of fused-ring (bicyclic) bond motifs is 7. The van der Waals surface area contributed by atoms with Crippen molar-refractivity contribution in [2.75, 3.05) is 9.80 Å². The molecule has 8 aromatic rings. The smallest absolute Gasteiger partial charge is 0.252 e. The molecule has 2 aliphatic heterocycles. The van der Waals surface area contributed by atoms with Crippen LogP contribution in [0, 0.1) is 27.7 Å². The van der Waals surface area contributed by atoms with Crippen molar-refractivity contribution >= 4 is 79.0 Å². The maximum atomic E-state index is 2.53. The Morgan fingerprint density at radius 2 is 0.940 bits per heavy atom. The van der Waals surface area contributed by atoms with Crippen LogP contribution in [0.25, 0.3) is 27.5 Å². The van der Waals surface area contributed by atoms with Crippen LogP contribution in [0.15, 0.2) is 146 Å². The lowest BCUT2D eigenvalue weighted by molar-refractivity contribution is 1.16. The highest BCUT2D eigenvalue weighted by Crippen LogP contribution is 2.46. The molecule has 3 heterocycles. The highest BCUT2D eigenvalue weighted by atomic mass is 15.2. The summed E-state index contributed by atoms with van der Waals surface area (Å²) in [6.45, 7) is 9.02. The van der Waals surface area contributed by atoms with Crippen LogP contribution in [0.2, 0.25) is 0 Å². The zero-order chi connectivity index (χ0) is 33.7. The van der Waals surface area contributed by atoms with E-state index in [1.54, 1.807) is 0 Å². The molecular weight excluding hydrogens is 605 g/mol. The summed E-state index contributed by atoms with van der Waals surface area (Å²) in [4.78, 5) is 5.05. The van der Waals surface area contributed by atoms with Gasteiger partial charge in [0.2, 0.25) is 0 Å². The van der Waals surface area contributed by atoms with Gasteiger partial charge in [0.1, 0.15) is 0 Å². The number of nitrogens with zero attached hydrogens (tertiary/aromatic N) is 3. The van der Waals surface area contributed by atoms with E-state index in [9.17, 15) is 0 Å². The SMILES string of the molecule is Cc1cc(C)cc(N2c3ccccc3B3c4c(C)cc(C)cc4N(c4ccccc4)c4cc(-n5c6ccccc6c6ccccc65)cc2c43)c1. The van der Waals surface area contributed by atoms with Crippen molar-refractivity contribution in [1.82, 2.24) is 4.57 Å². The van der Waals surface area contributed by atoms with Crippen molar-refractivity contribution in [3.63, 3.8) is 0 Å². The molecule has 50 heavy (non-hydrogen) atoms. The van der Waals surface area contributed by atoms with Crippen molar-refractivity contribution in [2.24, 2.45) is 0 Å². The fourth-order valence-corrected chi connectivity index (χ4v) is 8.98. The first kappa shape index (κ1) is 29.0. The lowest BCUT2D eigenvalue weighted by Crippen LogP contribution is -2.62. The molecular formula is C46H36BN3. The van der Waals surface area contributed by atoms with E-state index in [4.69, 9.17) is 0 Å². The van der Waals surface area contributed by atoms with Crippen LogP contribution in [0.5, 0.6) is 0 Å². The molecule has 0 unspecified atom stereocenters. The second kappa shape index (κ2) is 10.8. The molecule has 0 aliphatic carbocycles. The monoisotopic (exact) mass is 641 g/mol. The van der Waals surface area contributed by atoms with Crippen molar-refractivity contribution in [3.05, 3.63) is 168 Å². The van der Waals surface area contributed by atoms with E-state index >= 15 is 0 Å². The zero-order valence-electron chi connectivity index (χ0n) is 28.8. The number of aryl methyl sites for hydroxylation is 4. The van der Waals surface area contributed by atoms with Gasteiger partial charge in [-0.05, 0) is 121 Å². The van der Waals surface area contributed by atoms with Gasteiger partial charge in [-0.25, -0.2) is 0 Å². The lowest BCUT2D eigenvalue weighted by Gasteiger charge is -2.45. The fraction of sp³-hybridized carbons (Fsp3) is 0.0870. The summed E-state index contributed by atoms with van der Waals surface area (Å²) < 4.78 is 2.47. The predicted octanol–water partition coefficient (Wildman–Crippen LogP) is 10.1. The van der Waals surface area contributed by atoms with E-state index in [-0.39, 0.29) is 6.71 Å². The molecule has 2 aliphatic rings. The van der Waals surface area contributed by atoms with Crippen LogP contribution in [0.3, 0.4) is 0 Å². The van der Waals surface area contributed by atoms with E-state index in [2.05, 4.69) is 188 Å². The Morgan fingerprint density at radius 1 is 0.400 bits per heavy atom. The molecule has 0 radical (unpaired) electrons. The standard InChI is InChI=1S/C46H36BN3/c1-29-22-30(2)25-34(24-29)50-41-21-13-10-18-38(41)47-45-32(4)23-31(3)26-42(45)48(33-14-6-5-7-15-33)43-27-35(28-44(50)46(43)47)49-39-19-11-8-16-36(39)37-17-9-12-20-40(37)49/h5-28H,1-4H3. The Morgan fingerprint density at radius 3 is 1.62 bits per heavy atom. The van der Waals surface area contributed by atoms with Crippen molar-refractivity contribution < 1.29 is 0 Å². The Hall–Kier alpha value is -6.00. The van der Waals surface area contributed by atoms with E-state index < -0.39 is 0 Å². The molecule has 0 saturated carbocycles. The Balaban J connectivity index is 1.39. The maximum absolute atomic E-state index is 2.53. The third-order valence-electron chi connectivity index (χ3n) is 10.7. The van der Waals surface area contributed by atoms with Crippen LogP contribution in [0.1, 0.15) is 22.3 Å². The van der Waals surface area contributed by atoms with Gasteiger partial charge in [-0.2, -0.15) is 0 Å². The van der Waals surface area contributed by atoms with Gasteiger partial charge in [-0.1, -0.05) is 90.5 Å². The van der Waals surface area contributed by atoms with Crippen LogP contribution in [-0.2, 0) is 0 Å². The topological polar surface area (TPSA) is 11.4 Å². The largest absolute Gasteiger partial charge is 0.311 e. The van der Waals surface area contributed by atoms with E-state index in [1.165, 1.54) is 88.9 Å². The number of hydrogen-bond acceptors (Lipinski definition) is 2. The minimum Gasteiger partial charge on any atom is -0.311 e. The first-order valence-electron chi connectivity index (χ1n) is 17.6. The summed E-state index contributed by atoms with van der Waals surface area (Å²) in [7, 11) is 0. The van der Waals surface area contributed by atoms with Crippen molar-refractivity contribution in [3.8, 4) is 5.69 Å². The Kier molecular flexibility index (Phi) is 6.23. The number of rotatable bonds is 3. The van der Waals surface area contributed by atoms with Gasteiger partial charge in [0, 0.05) is 44.9 Å². The minimum absolute atomic E-state index is 0.0844. The summed E-state index contributed by atoms with van der Waals surface area (Å²) in [6.07, 6.45) is 0. The molecule has 0 fully saturated rings. The number of hydrogen-bond donors (Lipinski definition) is 0. The Bertz CT molecular complexity index is 2600. The van der Waals surface area contributed by atoms with Gasteiger partial charge < -0.3 is 14.4 Å². The molecule has 238 valence electrons. The number of anilines is 6. The molecule has 7 aromatic carbocycles. The molecule has 3 nitrogen and oxygen atoms in total. The predicted molar refractivity (Wildman–Crippen MR) is 214 cm³/mol. The third-order valence-corrected chi connectivity index (χ3v) is 10.7. The quantitative estimate of drug-likeness (QED) is 0.178. The molecule has 0 spiro atoms. The molecule has 0 N–H and O–H groups in total. The van der Waals surface area contributed by atoms with Gasteiger partial charge in [0.25, 0.3) is 6.71 Å². The molecule has 0 saturated heterocycles. The second-order valence-corrected chi connectivity index (χ2v) is 14.1. The van der Waals surface area contributed by atoms with Gasteiger partial charge in [0.15, 0.2) is 0 Å². The first-order chi connectivity index (χ1) is 24.5. The van der Waals surface area contributed by atoms with E-state index in [1.807, 2.05) is 0 Å². The highest BCUT2D eigenvalue weighted by Gasteiger charge is 2.44. The summed E-state index contributed by atoms with van der Waals surface area (Å²) in [6, 6.07) is 54.2. The zero-order valence-corrected chi connectivity index (χ0v) is 28.8. The summed E-state index contributed by atoms with van der Waals surface area (Å²) in [5, 5.41) is 2.53. The van der Waals surface area contributed by atoms with Gasteiger partial charge in [-0.3, -0.25) is 0 Å². The van der Waals surface area contributed by atoms with Crippen LogP contribution < -0.4 is 26.2 Å².